The van der Waals surface area contributed by atoms with Crippen LogP contribution in [0.2, 0.25) is 0 Å². The van der Waals surface area contributed by atoms with Gasteiger partial charge in [-0.1, -0.05) is 48.5 Å². The number of carbonyl (C=O) groups excluding carboxylic acids is 1. The molecule has 1 saturated heterocycles. The molecule has 2 N–H and O–H groups in total. The van der Waals surface area contributed by atoms with Crippen LogP contribution in [0.3, 0.4) is 0 Å². The molecule has 1 fully saturated rings. The Hall–Kier alpha value is -3.47. The second-order valence-electron chi connectivity index (χ2n) is 7.24. The number of rotatable bonds is 3. The van der Waals surface area contributed by atoms with Crippen LogP contribution in [-0.4, -0.2) is 22.1 Å². The minimum Gasteiger partial charge on any atom is -0.508 e. The van der Waals surface area contributed by atoms with Crippen LogP contribution in [0.15, 0.2) is 78.9 Å². The molecule has 3 aromatic carbocycles. The standard InChI is InChI=1S/C23H21N3O2/c27-19-13-10-17(11-14-19)22-25-20-9-5-4-6-16(20)12-15-21(25)23(28)26(22)24-18-7-2-1-3-8-18/h1-11,13-14,21-22,24,27H,12,15H2/t21-,22?/m1/s1. The molecule has 140 valence electrons. The Labute approximate surface area is 163 Å². The van der Waals surface area contributed by atoms with Crippen LogP contribution in [0.1, 0.15) is 23.7 Å². The van der Waals surface area contributed by atoms with Gasteiger partial charge in [0.1, 0.15) is 11.8 Å². The Bertz CT molecular complexity index is 1000. The van der Waals surface area contributed by atoms with Crippen LogP contribution >= 0.6 is 0 Å². The summed E-state index contributed by atoms with van der Waals surface area (Å²) in [5, 5.41) is 11.5. The van der Waals surface area contributed by atoms with E-state index in [0.29, 0.717) is 0 Å². The highest BCUT2D eigenvalue weighted by Gasteiger charge is 2.49. The number of anilines is 2. The van der Waals surface area contributed by atoms with Gasteiger partial charge in [-0.3, -0.25) is 10.2 Å². The van der Waals surface area contributed by atoms with Crippen molar-refractivity contribution in [3.05, 3.63) is 90.0 Å². The summed E-state index contributed by atoms with van der Waals surface area (Å²) in [6.07, 6.45) is 1.39. The van der Waals surface area contributed by atoms with Gasteiger partial charge in [-0.05, 0) is 54.3 Å². The second-order valence-corrected chi connectivity index (χ2v) is 7.24. The van der Waals surface area contributed by atoms with Gasteiger partial charge in [-0.15, -0.1) is 0 Å². The van der Waals surface area contributed by atoms with E-state index < -0.39 is 0 Å². The molecule has 2 heterocycles. The number of aryl methyl sites for hydroxylation is 1. The van der Waals surface area contributed by atoms with Gasteiger partial charge in [0, 0.05) is 5.69 Å². The predicted octanol–water partition coefficient (Wildman–Crippen LogP) is 4.08. The van der Waals surface area contributed by atoms with E-state index in [-0.39, 0.29) is 23.9 Å². The number of phenols is 1. The molecule has 0 aliphatic carbocycles. The molecule has 0 aromatic heterocycles. The Morgan fingerprint density at radius 1 is 0.893 bits per heavy atom. The maximum Gasteiger partial charge on any atom is 0.265 e. The number of aromatic hydroxyl groups is 1. The molecule has 5 rings (SSSR count). The molecule has 5 nitrogen and oxygen atoms in total. The van der Waals surface area contributed by atoms with Crippen molar-refractivity contribution in [2.75, 3.05) is 10.3 Å². The lowest BCUT2D eigenvalue weighted by molar-refractivity contribution is -0.128. The van der Waals surface area contributed by atoms with Crippen LogP contribution < -0.4 is 10.3 Å². The first-order chi connectivity index (χ1) is 13.7. The van der Waals surface area contributed by atoms with Gasteiger partial charge in [0.2, 0.25) is 0 Å². The van der Waals surface area contributed by atoms with Crippen molar-refractivity contribution in [2.45, 2.75) is 25.0 Å². The molecule has 0 spiro atoms. The molecule has 2 atom stereocenters. The van der Waals surface area contributed by atoms with Gasteiger partial charge in [0.05, 0.1) is 5.69 Å². The number of benzene rings is 3. The molecular weight excluding hydrogens is 350 g/mol. The van der Waals surface area contributed by atoms with Crippen molar-refractivity contribution in [2.24, 2.45) is 0 Å². The normalized spacial score (nSPS) is 20.6. The van der Waals surface area contributed by atoms with Gasteiger partial charge in [0.25, 0.3) is 5.91 Å². The molecule has 0 bridgehead atoms. The van der Waals surface area contributed by atoms with E-state index in [0.717, 1.165) is 29.8 Å². The van der Waals surface area contributed by atoms with Gasteiger partial charge >= 0.3 is 0 Å². The van der Waals surface area contributed by atoms with Crippen LogP contribution in [0.5, 0.6) is 5.75 Å². The first kappa shape index (κ1) is 16.7. The predicted molar refractivity (Wildman–Crippen MR) is 109 cm³/mol. The number of nitrogens with zero attached hydrogens (tertiary/aromatic N) is 2. The maximum atomic E-state index is 13.4. The molecule has 0 radical (unpaired) electrons. The van der Waals surface area contributed by atoms with Gasteiger partial charge in [-0.25, -0.2) is 5.01 Å². The number of nitrogens with one attached hydrogen (secondary N) is 1. The third-order valence-electron chi connectivity index (χ3n) is 5.54. The zero-order valence-corrected chi connectivity index (χ0v) is 15.3. The van der Waals surface area contributed by atoms with E-state index in [2.05, 4.69) is 22.5 Å². The van der Waals surface area contributed by atoms with Gasteiger partial charge in [-0.2, -0.15) is 0 Å². The van der Waals surface area contributed by atoms with Crippen molar-refractivity contribution in [3.63, 3.8) is 0 Å². The third kappa shape index (κ3) is 2.67. The summed E-state index contributed by atoms with van der Waals surface area (Å²) in [6.45, 7) is 0. The lowest BCUT2D eigenvalue weighted by Crippen LogP contribution is -2.38. The molecule has 2 aliphatic heterocycles. The summed E-state index contributed by atoms with van der Waals surface area (Å²) >= 11 is 0. The number of hydrogen-bond donors (Lipinski definition) is 2. The van der Waals surface area contributed by atoms with Crippen LogP contribution in [0.25, 0.3) is 0 Å². The van der Waals surface area contributed by atoms with Crippen molar-refractivity contribution in [3.8, 4) is 5.75 Å². The van der Waals surface area contributed by atoms with E-state index >= 15 is 0 Å². The average Bonchev–Trinajstić information content (AvgIpc) is 3.02. The van der Waals surface area contributed by atoms with Crippen molar-refractivity contribution in [1.29, 1.82) is 0 Å². The number of phenolic OH excluding ortho intramolecular Hbond substituents is 1. The highest BCUT2D eigenvalue weighted by Crippen LogP contribution is 2.44. The highest BCUT2D eigenvalue weighted by molar-refractivity contribution is 5.92. The van der Waals surface area contributed by atoms with Crippen molar-refractivity contribution >= 4 is 17.3 Å². The quantitative estimate of drug-likeness (QED) is 0.728. The fourth-order valence-corrected chi connectivity index (χ4v) is 4.25. The zero-order valence-electron chi connectivity index (χ0n) is 15.3. The zero-order chi connectivity index (χ0) is 19.1. The molecular formula is C23H21N3O2. The molecule has 28 heavy (non-hydrogen) atoms. The number of amides is 1. The summed E-state index contributed by atoms with van der Waals surface area (Å²) in [5.74, 6) is 0.280. The summed E-state index contributed by atoms with van der Waals surface area (Å²) < 4.78 is 0. The molecule has 2 aliphatic rings. The van der Waals surface area contributed by atoms with Gasteiger partial charge in [0.15, 0.2) is 6.17 Å². The third-order valence-corrected chi connectivity index (χ3v) is 5.54. The van der Waals surface area contributed by atoms with Gasteiger partial charge < -0.3 is 10.0 Å². The summed E-state index contributed by atoms with van der Waals surface area (Å²) in [6, 6.07) is 24.9. The van der Waals surface area contributed by atoms with Crippen LogP contribution in [0.4, 0.5) is 11.4 Å². The number of carbonyl (C=O) groups is 1. The van der Waals surface area contributed by atoms with Crippen LogP contribution in [-0.2, 0) is 11.2 Å². The minimum atomic E-state index is -0.292. The SMILES string of the molecule is O=C1[C@H]2CCc3ccccc3N2C(c2ccc(O)cc2)N1Nc1ccccc1. The molecule has 5 heteroatoms. The Morgan fingerprint density at radius 3 is 2.39 bits per heavy atom. The maximum absolute atomic E-state index is 13.4. The number of fused-ring (bicyclic) bond motifs is 3. The largest absolute Gasteiger partial charge is 0.508 e. The Kier molecular flexibility index (Phi) is 3.93. The lowest BCUT2D eigenvalue weighted by Gasteiger charge is -2.37. The highest BCUT2D eigenvalue weighted by atomic mass is 16.3. The van der Waals surface area contributed by atoms with E-state index in [4.69, 9.17) is 0 Å². The summed E-state index contributed by atoms with van der Waals surface area (Å²) in [7, 11) is 0. The smallest absolute Gasteiger partial charge is 0.265 e. The van der Waals surface area contributed by atoms with Crippen LogP contribution in [0, 0.1) is 0 Å². The summed E-state index contributed by atoms with van der Waals surface area (Å²) in [5.41, 5.74) is 7.50. The van der Waals surface area contributed by atoms with Crippen molar-refractivity contribution < 1.29 is 9.90 Å². The first-order valence-electron chi connectivity index (χ1n) is 9.52. The van der Waals surface area contributed by atoms with E-state index in [9.17, 15) is 9.90 Å². The lowest BCUT2D eigenvalue weighted by atomic mass is 9.96. The fraction of sp³-hybridized carbons (Fsp3) is 0.174. The van der Waals surface area contributed by atoms with Crippen molar-refractivity contribution in [1.82, 2.24) is 5.01 Å². The topological polar surface area (TPSA) is 55.8 Å². The minimum absolute atomic E-state index is 0.0661. The Balaban J connectivity index is 1.62. The van der Waals surface area contributed by atoms with E-state index in [1.807, 2.05) is 54.6 Å². The van der Waals surface area contributed by atoms with E-state index in [1.165, 1.54) is 5.56 Å². The number of para-hydroxylation sites is 2. The number of hydrazine groups is 1. The molecule has 0 saturated carbocycles. The first-order valence-corrected chi connectivity index (χ1v) is 9.52. The summed E-state index contributed by atoms with van der Waals surface area (Å²) in [4.78, 5) is 15.6. The fourth-order valence-electron chi connectivity index (χ4n) is 4.25. The number of hydrogen-bond acceptors (Lipinski definition) is 4. The molecule has 1 amide bonds. The molecule has 1 unspecified atom stereocenters. The monoisotopic (exact) mass is 371 g/mol. The molecule has 3 aromatic rings. The van der Waals surface area contributed by atoms with E-state index in [1.54, 1.807) is 17.1 Å². The second kappa shape index (κ2) is 6.60. The average molecular weight is 371 g/mol. The Morgan fingerprint density at radius 2 is 1.61 bits per heavy atom.